The van der Waals surface area contributed by atoms with E-state index in [0.29, 0.717) is 22.2 Å². The van der Waals surface area contributed by atoms with Crippen molar-refractivity contribution < 1.29 is 4.79 Å². The number of hydrogen-bond acceptors (Lipinski definition) is 2. The van der Waals surface area contributed by atoms with Crippen LogP contribution in [-0.4, -0.2) is 31.4 Å². The molecule has 3 nitrogen and oxygen atoms in total. The minimum absolute atomic E-state index is 0.0138. The normalized spacial score (nSPS) is 12.2. The molecule has 2 aromatic rings. The summed E-state index contributed by atoms with van der Waals surface area (Å²) in [6.45, 7) is 0.445. The van der Waals surface area contributed by atoms with Crippen LogP contribution in [0, 0.1) is 0 Å². The number of carbonyl (C=O) groups excluding carboxylic acids is 1. The summed E-state index contributed by atoms with van der Waals surface area (Å²) in [5, 5.41) is 4.06. The Morgan fingerprint density at radius 1 is 1.05 bits per heavy atom. The van der Waals surface area contributed by atoms with Gasteiger partial charge in [-0.05, 0) is 37.9 Å². The molecule has 1 N–H and O–H groups in total. The van der Waals surface area contributed by atoms with Gasteiger partial charge in [0.05, 0.1) is 16.6 Å². The van der Waals surface area contributed by atoms with Gasteiger partial charge in [-0.2, -0.15) is 0 Å². The van der Waals surface area contributed by atoms with Crippen LogP contribution in [0.25, 0.3) is 0 Å². The predicted molar refractivity (Wildman–Crippen MR) is 91.7 cm³/mol. The van der Waals surface area contributed by atoms with Crippen molar-refractivity contribution >= 4 is 29.1 Å². The molecule has 5 heteroatoms. The lowest BCUT2D eigenvalue weighted by Gasteiger charge is -2.26. The molecule has 1 amide bonds. The number of benzene rings is 2. The van der Waals surface area contributed by atoms with Gasteiger partial charge in [0.1, 0.15) is 0 Å². The minimum atomic E-state index is -0.190. The summed E-state index contributed by atoms with van der Waals surface area (Å²) < 4.78 is 0. The van der Waals surface area contributed by atoms with E-state index in [2.05, 4.69) is 5.32 Å². The Morgan fingerprint density at radius 2 is 1.64 bits per heavy atom. The first kappa shape index (κ1) is 16.8. The third-order valence-corrected chi connectivity index (χ3v) is 4.14. The maximum absolute atomic E-state index is 12.3. The Morgan fingerprint density at radius 3 is 2.23 bits per heavy atom. The lowest BCUT2D eigenvalue weighted by atomic mass is 10.1. The zero-order chi connectivity index (χ0) is 16.1. The van der Waals surface area contributed by atoms with E-state index in [9.17, 15) is 4.79 Å². The van der Waals surface area contributed by atoms with Gasteiger partial charge in [0.2, 0.25) is 0 Å². The average molecular weight is 337 g/mol. The number of nitrogens with zero attached hydrogens (tertiary/aromatic N) is 1. The van der Waals surface area contributed by atoms with E-state index in [1.165, 1.54) is 0 Å². The molecule has 2 aromatic carbocycles. The fraction of sp³-hybridized carbons (Fsp3) is 0.235. The smallest absolute Gasteiger partial charge is 0.252 e. The second kappa shape index (κ2) is 7.63. The first-order valence-corrected chi connectivity index (χ1v) is 7.70. The van der Waals surface area contributed by atoms with Crippen LogP contribution in [0.2, 0.25) is 10.0 Å². The molecule has 0 aromatic heterocycles. The standard InChI is InChI=1S/C17H18Cl2N2O/c1-21(2)16(12-7-3-5-9-14(12)18)11-20-17(22)13-8-4-6-10-15(13)19/h3-10,16H,11H2,1-2H3,(H,20,22). The Kier molecular flexibility index (Phi) is 5.83. The van der Waals surface area contributed by atoms with Gasteiger partial charge in [0.25, 0.3) is 5.91 Å². The predicted octanol–water partition coefficient (Wildman–Crippen LogP) is 4.03. The number of likely N-dealkylation sites (N-methyl/N-ethyl adjacent to an activating group) is 1. The molecule has 2 rings (SSSR count). The first-order chi connectivity index (χ1) is 10.5. The molecular weight excluding hydrogens is 319 g/mol. The molecule has 0 saturated heterocycles. The molecule has 1 atom stereocenters. The van der Waals surface area contributed by atoms with E-state index in [1.807, 2.05) is 43.3 Å². The van der Waals surface area contributed by atoms with Gasteiger partial charge < -0.3 is 10.2 Å². The molecule has 22 heavy (non-hydrogen) atoms. The van der Waals surface area contributed by atoms with Gasteiger partial charge in [-0.25, -0.2) is 0 Å². The van der Waals surface area contributed by atoms with Crippen molar-refractivity contribution in [2.24, 2.45) is 0 Å². The zero-order valence-corrected chi connectivity index (χ0v) is 14.0. The molecule has 0 aliphatic carbocycles. The van der Waals surface area contributed by atoms with E-state index in [1.54, 1.807) is 24.3 Å². The first-order valence-electron chi connectivity index (χ1n) is 6.94. The Hall–Kier alpha value is -1.55. The van der Waals surface area contributed by atoms with Gasteiger partial charge in [0.15, 0.2) is 0 Å². The Labute approximate surface area is 140 Å². The van der Waals surface area contributed by atoms with Crippen molar-refractivity contribution in [3.05, 3.63) is 69.7 Å². The molecule has 1 unspecified atom stereocenters. The van der Waals surface area contributed by atoms with Gasteiger partial charge >= 0.3 is 0 Å². The van der Waals surface area contributed by atoms with Crippen molar-refractivity contribution in [1.29, 1.82) is 0 Å². The molecule has 0 bridgehead atoms. The number of carbonyl (C=O) groups is 1. The third-order valence-electron chi connectivity index (χ3n) is 3.46. The maximum Gasteiger partial charge on any atom is 0.252 e. The summed E-state index contributed by atoms with van der Waals surface area (Å²) in [5.74, 6) is -0.190. The average Bonchev–Trinajstić information content (AvgIpc) is 2.49. The molecule has 0 aliphatic heterocycles. The van der Waals surface area contributed by atoms with Crippen molar-refractivity contribution in [2.75, 3.05) is 20.6 Å². The van der Waals surface area contributed by atoms with Crippen LogP contribution < -0.4 is 5.32 Å². The lowest BCUT2D eigenvalue weighted by molar-refractivity contribution is 0.0942. The summed E-state index contributed by atoms with van der Waals surface area (Å²) >= 11 is 12.3. The van der Waals surface area contributed by atoms with Crippen molar-refractivity contribution in [3.8, 4) is 0 Å². The largest absolute Gasteiger partial charge is 0.350 e. The Balaban J connectivity index is 2.12. The van der Waals surface area contributed by atoms with Gasteiger partial charge in [-0.15, -0.1) is 0 Å². The SMILES string of the molecule is CN(C)C(CNC(=O)c1ccccc1Cl)c1ccccc1Cl. The summed E-state index contributed by atoms with van der Waals surface area (Å²) in [6, 6.07) is 14.6. The summed E-state index contributed by atoms with van der Waals surface area (Å²) in [6.07, 6.45) is 0. The fourth-order valence-corrected chi connectivity index (χ4v) is 2.73. The molecule has 0 heterocycles. The van der Waals surface area contributed by atoms with Crippen LogP contribution in [0.3, 0.4) is 0 Å². The van der Waals surface area contributed by atoms with Crippen molar-refractivity contribution in [3.63, 3.8) is 0 Å². The van der Waals surface area contributed by atoms with Crippen LogP contribution in [0.4, 0.5) is 0 Å². The highest BCUT2D eigenvalue weighted by Crippen LogP contribution is 2.25. The molecule has 0 radical (unpaired) electrons. The van der Waals surface area contributed by atoms with E-state index in [-0.39, 0.29) is 11.9 Å². The van der Waals surface area contributed by atoms with Crippen LogP contribution >= 0.6 is 23.2 Å². The topological polar surface area (TPSA) is 32.3 Å². The Bertz CT molecular complexity index is 659. The minimum Gasteiger partial charge on any atom is -0.350 e. The van der Waals surface area contributed by atoms with Crippen molar-refractivity contribution in [1.82, 2.24) is 10.2 Å². The number of amides is 1. The van der Waals surface area contributed by atoms with Crippen LogP contribution in [0.15, 0.2) is 48.5 Å². The summed E-state index contributed by atoms with van der Waals surface area (Å²) in [5.41, 5.74) is 1.45. The molecule has 0 fully saturated rings. The van der Waals surface area contributed by atoms with E-state index >= 15 is 0 Å². The fourth-order valence-electron chi connectivity index (χ4n) is 2.25. The second-order valence-corrected chi connectivity index (χ2v) is 6.01. The third kappa shape index (κ3) is 4.01. The number of hydrogen-bond donors (Lipinski definition) is 1. The molecule has 116 valence electrons. The number of halogens is 2. The molecule has 0 aliphatic rings. The highest BCUT2D eigenvalue weighted by Gasteiger charge is 2.18. The van der Waals surface area contributed by atoms with Gasteiger partial charge in [0, 0.05) is 11.6 Å². The van der Waals surface area contributed by atoms with E-state index < -0.39 is 0 Å². The molecule has 0 spiro atoms. The number of rotatable bonds is 5. The summed E-state index contributed by atoms with van der Waals surface area (Å²) in [7, 11) is 3.91. The van der Waals surface area contributed by atoms with Gasteiger partial charge in [-0.1, -0.05) is 53.5 Å². The quantitative estimate of drug-likeness (QED) is 0.894. The van der Waals surface area contributed by atoms with E-state index in [4.69, 9.17) is 23.2 Å². The monoisotopic (exact) mass is 336 g/mol. The highest BCUT2D eigenvalue weighted by atomic mass is 35.5. The van der Waals surface area contributed by atoms with Crippen LogP contribution in [-0.2, 0) is 0 Å². The summed E-state index contributed by atoms with van der Waals surface area (Å²) in [4.78, 5) is 14.3. The van der Waals surface area contributed by atoms with E-state index in [0.717, 1.165) is 5.56 Å². The number of nitrogens with one attached hydrogen (secondary N) is 1. The molecule has 0 saturated carbocycles. The highest BCUT2D eigenvalue weighted by molar-refractivity contribution is 6.33. The second-order valence-electron chi connectivity index (χ2n) is 5.19. The maximum atomic E-state index is 12.3. The van der Waals surface area contributed by atoms with Crippen LogP contribution in [0.1, 0.15) is 22.0 Å². The van der Waals surface area contributed by atoms with Gasteiger partial charge in [-0.3, -0.25) is 4.79 Å². The lowest BCUT2D eigenvalue weighted by Crippen LogP contribution is -2.34. The van der Waals surface area contributed by atoms with Crippen LogP contribution in [0.5, 0.6) is 0 Å². The zero-order valence-electron chi connectivity index (χ0n) is 12.5. The molecular formula is C17H18Cl2N2O. The van der Waals surface area contributed by atoms with Crippen molar-refractivity contribution in [2.45, 2.75) is 6.04 Å².